The van der Waals surface area contributed by atoms with E-state index in [2.05, 4.69) is 20.2 Å². The summed E-state index contributed by atoms with van der Waals surface area (Å²) < 4.78 is 58.3. The van der Waals surface area contributed by atoms with Crippen LogP contribution < -0.4 is 20.5 Å². The number of rotatable bonds is 6. The van der Waals surface area contributed by atoms with Gasteiger partial charge in [-0.2, -0.15) is 15.2 Å². The molecule has 4 atom stereocenters. The number of nitriles is 1. The summed E-state index contributed by atoms with van der Waals surface area (Å²) in [6, 6.07) is 6.03. The third-order valence-corrected chi connectivity index (χ3v) is 10.3. The first kappa shape index (κ1) is 28.4. The van der Waals surface area contributed by atoms with Crippen LogP contribution >= 0.6 is 22.9 Å². The van der Waals surface area contributed by atoms with Crippen LogP contribution in [0.25, 0.3) is 32.1 Å². The molecule has 0 saturated carbocycles. The number of benzene rings is 2. The highest BCUT2D eigenvalue weighted by Gasteiger charge is 2.49. The zero-order chi connectivity index (χ0) is 30.0. The zero-order valence-electron chi connectivity index (χ0n) is 23.2. The third-order valence-electron chi connectivity index (χ3n) is 8.97. The number of fused-ring (bicyclic) bond motifs is 3. The van der Waals surface area contributed by atoms with Gasteiger partial charge in [-0.15, -0.1) is 11.3 Å². The number of nitrogens with one attached hydrogen (secondary N) is 1. The van der Waals surface area contributed by atoms with Gasteiger partial charge in [0.25, 0.3) is 0 Å². The Balaban J connectivity index is 1.37. The van der Waals surface area contributed by atoms with Crippen molar-refractivity contribution >= 4 is 48.9 Å². The molecule has 0 unspecified atom stereocenters. The summed E-state index contributed by atoms with van der Waals surface area (Å²) in [5.41, 5.74) is 5.66. The highest BCUT2D eigenvalue weighted by atomic mass is 35.5. The fraction of sp³-hybridized carbons (Fsp3) is 0.433. The van der Waals surface area contributed by atoms with Gasteiger partial charge in [0.2, 0.25) is 5.88 Å². The van der Waals surface area contributed by atoms with Gasteiger partial charge >= 0.3 is 6.01 Å². The lowest BCUT2D eigenvalue weighted by atomic mass is 9.95. The van der Waals surface area contributed by atoms with E-state index in [0.29, 0.717) is 13.0 Å². The Kier molecular flexibility index (Phi) is 7.04. The molecule has 13 heteroatoms. The normalized spacial score (nSPS) is 25.4. The van der Waals surface area contributed by atoms with Crippen molar-refractivity contribution in [2.75, 3.05) is 32.0 Å². The zero-order valence-corrected chi connectivity index (χ0v) is 24.8. The van der Waals surface area contributed by atoms with Crippen molar-refractivity contribution in [3.8, 4) is 29.1 Å². The number of thiophene rings is 1. The van der Waals surface area contributed by atoms with Crippen molar-refractivity contribution in [1.29, 1.82) is 5.26 Å². The number of nitrogens with two attached hydrogens (primary N) is 1. The maximum absolute atomic E-state index is 16.7. The van der Waals surface area contributed by atoms with E-state index in [1.54, 1.807) is 0 Å². The maximum Gasteiger partial charge on any atom is 0.320 e. The number of anilines is 1. The Morgan fingerprint density at radius 2 is 2.16 bits per heavy atom. The number of hydrogen-bond donors (Lipinski definition) is 2. The minimum absolute atomic E-state index is 0.00622. The number of alkyl halides is 1. The van der Waals surface area contributed by atoms with E-state index in [1.165, 1.54) is 18.2 Å². The first-order valence-electron chi connectivity index (χ1n) is 14.2. The molecule has 224 valence electrons. The van der Waals surface area contributed by atoms with E-state index >= 15 is 4.39 Å². The fourth-order valence-corrected chi connectivity index (χ4v) is 8.09. The van der Waals surface area contributed by atoms with Gasteiger partial charge in [-0.25, -0.2) is 13.2 Å². The predicted octanol–water partition coefficient (Wildman–Crippen LogP) is 5.98. The average molecular weight is 629 g/mol. The van der Waals surface area contributed by atoms with E-state index in [-0.39, 0.29) is 78.3 Å². The minimum atomic E-state index is -0.934. The largest absolute Gasteiger partial charge is 0.472 e. The van der Waals surface area contributed by atoms with Crippen LogP contribution in [0.1, 0.15) is 38.2 Å². The molecule has 8 nitrogen and oxygen atoms in total. The molecule has 0 amide bonds. The van der Waals surface area contributed by atoms with E-state index in [4.69, 9.17) is 26.8 Å². The standard InChI is InChI=1S/C30H28ClF3N6O2S/c1-14-21(5-7-37-14)42-28-17-9-19(31)23(16-3-4-20(33)26-22(16)18(11-35)27(36)43-26)24(34)25(17)38-29(39-28)41-13-30-6-2-8-40(30)12-15(32)10-30/h3-4,9,14-15,21,37H,2,5-8,10,12-13,36H2,1H3/t14-,15+,21-,30-/m0/s1. The van der Waals surface area contributed by atoms with Gasteiger partial charge in [0.1, 0.15) is 41.3 Å². The molecule has 0 bridgehead atoms. The Hall–Kier alpha value is -3.37. The Morgan fingerprint density at radius 3 is 2.93 bits per heavy atom. The summed E-state index contributed by atoms with van der Waals surface area (Å²) in [5, 5.41) is 13.7. The first-order chi connectivity index (χ1) is 20.7. The van der Waals surface area contributed by atoms with E-state index in [0.717, 1.165) is 43.7 Å². The monoisotopic (exact) mass is 628 g/mol. The smallest absolute Gasteiger partial charge is 0.320 e. The minimum Gasteiger partial charge on any atom is -0.472 e. The van der Waals surface area contributed by atoms with Crippen LogP contribution in [0.5, 0.6) is 11.9 Å². The van der Waals surface area contributed by atoms with Crippen LogP contribution in [0.3, 0.4) is 0 Å². The van der Waals surface area contributed by atoms with Gasteiger partial charge in [-0.3, -0.25) is 4.90 Å². The number of halogens is 4. The highest BCUT2D eigenvalue weighted by molar-refractivity contribution is 7.23. The molecule has 2 aromatic carbocycles. The predicted molar refractivity (Wildman–Crippen MR) is 159 cm³/mol. The summed E-state index contributed by atoms with van der Waals surface area (Å²) in [5.74, 6) is -1.26. The van der Waals surface area contributed by atoms with Crippen LogP contribution in [-0.2, 0) is 0 Å². The van der Waals surface area contributed by atoms with Crippen LogP contribution in [0.4, 0.5) is 18.2 Å². The van der Waals surface area contributed by atoms with Crippen molar-refractivity contribution < 1.29 is 22.6 Å². The number of nitrogen functional groups attached to an aromatic ring is 1. The molecule has 3 aliphatic heterocycles. The lowest BCUT2D eigenvalue weighted by molar-refractivity contribution is 0.106. The average Bonchev–Trinajstić information content (AvgIpc) is 3.72. The summed E-state index contributed by atoms with van der Waals surface area (Å²) in [6.07, 6.45) is 1.63. The van der Waals surface area contributed by atoms with Gasteiger partial charge in [-0.1, -0.05) is 17.7 Å². The number of ether oxygens (including phenoxy) is 2. The van der Waals surface area contributed by atoms with Crippen molar-refractivity contribution in [1.82, 2.24) is 20.2 Å². The molecule has 3 fully saturated rings. The van der Waals surface area contributed by atoms with Crippen LogP contribution in [-0.4, -0.2) is 65.0 Å². The van der Waals surface area contributed by atoms with Gasteiger partial charge in [0, 0.05) is 30.0 Å². The lowest BCUT2D eigenvalue weighted by Crippen LogP contribution is -2.43. The summed E-state index contributed by atoms with van der Waals surface area (Å²) in [4.78, 5) is 11.1. The second kappa shape index (κ2) is 10.7. The molecular formula is C30H28ClF3N6O2S. The maximum atomic E-state index is 16.7. The summed E-state index contributed by atoms with van der Waals surface area (Å²) >= 11 is 7.64. The van der Waals surface area contributed by atoms with Gasteiger partial charge in [-0.05, 0) is 57.0 Å². The highest BCUT2D eigenvalue weighted by Crippen LogP contribution is 2.46. The quantitative estimate of drug-likeness (QED) is 0.268. The molecule has 0 aliphatic carbocycles. The van der Waals surface area contributed by atoms with Crippen LogP contribution in [0, 0.1) is 23.0 Å². The van der Waals surface area contributed by atoms with E-state index in [9.17, 15) is 14.0 Å². The Bertz CT molecular complexity index is 1820. The molecule has 5 heterocycles. The summed E-state index contributed by atoms with van der Waals surface area (Å²) in [6.45, 7) is 4.06. The molecule has 43 heavy (non-hydrogen) atoms. The van der Waals surface area contributed by atoms with E-state index < -0.39 is 23.3 Å². The Morgan fingerprint density at radius 1 is 1.33 bits per heavy atom. The summed E-state index contributed by atoms with van der Waals surface area (Å²) in [7, 11) is 0. The molecule has 3 saturated heterocycles. The van der Waals surface area contributed by atoms with Gasteiger partial charge in [0.05, 0.1) is 26.2 Å². The van der Waals surface area contributed by atoms with Crippen molar-refractivity contribution in [2.24, 2.45) is 0 Å². The topological polar surface area (TPSA) is 109 Å². The fourth-order valence-electron chi connectivity index (χ4n) is 6.85. The van der Waals surface area contributed by atoms with E-state index in [1.807, 2.05) is 13.0 Å². The molecule has 7 rings (SSSR count). The second-order valence-electron chi connectivity index (χ2n) is 11.6. The molecule has 0 spiro atoms. The van der Waals surface area contributed by atoms with Crippen LogP contribution in [0.2, 0.25) is 5.02 Å². The Labute approximate surface area is 254 Å². The molecule has 4 aromatic rings. The van der Waals surface area contributed by atoms with Crippen molar-refractivity contribution in [3.63, 3.8) is 0 Å². The molecular weight excluding hydrogens is 601 g/mol. The lowest BCUT2D eigenvalue weighted by Gasteiger charge is -2.30. The third kappa shape index (κ3) is 4.65. The second-order valence-corrected chi connectivity index (χ2v) is 13.0. The SMILES string of the molecule is C[C@@H]1NCC[C@@H]1Oc1nc(OC[C@@]23CCCN2C[C@H](F)C3)nc2c(F)c(-c3ccc(F)c4sc(N)c(C#N)c34)c(Cl)cc12. The molecule has 3 aliphatic rings. The van der Waals surface area contributed by atoms with Crippen molar-refractivity contribution in [3.05, 3.63) is 40.4 Å². The molecule has 2 aromatic heterocycles. The molecule has 3 N–H and O–H groups in total. The van der Waals surface area contributed by atoms with Crippen molar-refractivity contribution in [2.45, 2.75) is 56.5 Å². The number of aromatic nitrogens is 2. The molecule has 0 radical (unpaired) electrons. The van der Waals surface area contributed by atoms with Gasteiger partial charge in [0.15, 0.2) is 5.82 Å². The number of hydrogen-bond acceptors (Lipinski definition) is 9. The van der Waals surface area contributed by atoms with Crippen LogP contribution in [0.15, 0.2) is 18.2 Å². The van der Waals surface area contributed by atoms with Gasteiger partial charge < -0.3 is 20.5 Å². The first-order valence-corrected chi connectivity index (χ1v) is 15.4. The number of nitrogens with zero attached hydrogens (tertiary/aromatic N) is 4.